The van der Waals surface area contributed by atoms with E-state index in [1.54, 1.807) is 0 Å². The Morgan fingerprint density at radius 3 is 1.44 bits per heavy atom. The normalized spacial score (nSPS) is 12.4. The third kappa shape index (κ3) is 31.2. The van der Waals surface area contributed by atoms with E-state index in [1.807, 2.05) is 0 Å². The number of carbonyl (C=O) groups is 2. The SMILES string of the molecule is CCCCCCC/C=C\C/C=C\CCCCCCCCCCCC(=O)OC(CO)COC(=O)CCCCCCCC. The fourth-order valence-electron chi connectivity index (χ4n) is 4.82. The van der Waals surface area contributed by atoms with Gasteiger partial charge in [-0.3, -0.25) is 9.59 Å². The van der Waals surface area contributed by atoms with Gasteiger partial charge in [-0.25, -0.2) is 0 Å². The number of hydrogen-bond donors (Lipinski definition) is 1. The molecule has 0 aliphatic rings. The van der Waals surface area contributed by atoms with Crippen molar-refractivity contribution < 1.29 is 24.2 Å². The van der Waals surface area contributed by atoms with Crippen molar-refractivity contribution in [3.8, 4) is 0 Å². The van der Waals surface area contributed by atoms with Gasteiger partial charge in [-0.2, -0.15) is 0 Å². The molecule has 0 amide bonds. The van der Waals surface area contributed by atoms with Crippen molar-refractivity contribution in [2.24, 2.45) is 0 Å². The number of carbonyl (C=O) groups excluding carboxylic acids is 2. The minimum atomic E-state index is -0.766. The predicted octanol–water partition coefficient (Wildman–Crippen LogP) is 10.3. The van der Waals surface area contributed by atoms with Crippen LogP contribution in [-0.2, 0) is 19.1 Å². The van der Waals surface area contributed by atoms with Crippen molar-refractivity contribution in [2.45, 2.75) is 180 Å². The molecule has 41 heavy (non-hydrogen) atoms. The fourth-order valence-corrected chi connectivity index (χ4v) is 4.82. The summed E-state index contributed by atoms with van der Waals surface area (Å²) in [5.74, 6) is -0.604. The van der Waals surface area contributed by atoms with Crippen LogP contribution in [0.2, 0.25) is 0 Å². The number of aliphatic hydroxyl groups excluding tert-OH is 1. The van der Waals surface area contributed by atoms with Crippen molar-refractivity contribution in [1.82, 2.24) is 0 Å². The van der Waals surface area contributed by atoms with Crippen molar-refractivity contribution in [1.29, 1.82) is 0 Å². The lowest BCUT2D eigenvalue weighted by Crippen LogP contribution is -2.28. The highest BCUT2D eigenvalue weighted by Crippen LogP contribution is 2.13. The van der Waals surface area contributed by atoms with Gasteiger partial charge in [-0.1, -0.05) is 141 Å². The molecule has 1 unspecified atom stereocenters. The Morgan fingerprint density at radius 1 is 0.561 bits per heavy atom. The van der Waals surface area contributed by atoms with Gasteiger partial charge in [-0.05, 0) is 44.9 Å². The summed E-state index contributed by atoms with van der Waals surface area (Å²) in [5.41, 5.74) is 0. The zero-order valence-electron chi connectivity index (χ0n) is 27.1. The van der Waals surface area contributed by atoms with Crippen LogP contribution >= 0.6 is 0 Å². The van der Waals surface area contributed by atoms with Crippen LogP contribution in [0.1, 0.15) is 174 Å². The first kappa shape index (κ1) is 39.4. The second kappa shape index (κ2) is 32.9. The monoisotopic (exact) mass is 578 g/mol. The summed E-state index contributed by atoms with van der Waals surface area (Å²) in [5, 5.41) is 9.46. The van der Waals surface area contributed by atoms with Crippen molar-refractivity contribution in [2.75, 3.05) is 13.2 Å². The molecule has 0 aromatic rings. The third-order valence-corrected chi connectivity index (χ3v) is 7.50. The molecule has 0 fully saturated rings. The molecule has 0 aromatic heterocycles. The van der Waals surface area contributed by atoms with E-state index in [0.717, 1.165) is 44.9 Å². The molecule has 0 saturated heterocycles. The molecule has 0 saturated carbocycles. The fraction of sp³-hybridized carbons (Fsp3) is 0.833. The predicted molar refractivity (Wildman–Crippen MR) is 173 cm³/mol. The minimum Gasteiger partial charge on any atom is -0.462 e. The largest absolute Gasteiger partial charge is 0.462 e. The van der Waals surface area contributed by atoms with Gasteiger partial charge >= 0.3 is 11.9 Å². The molecule has 1 N–H and O–H groups in total. The molecule has 240 valence electrons. The summed E-state index contributed by atoms with van der Waals surface area (Å²) >= 11 is 0. The van der Waals surface area contributed by atoms with Crippen LogP contribution in [0.5, 0.6) is 0 Å². The van der Waals surface area contributed by atoms with E-state index >= 15 is 0 Å². The second-order valence-corrected chi connectivity index (χ2v) is 11.6. The topological polar surface area (TPSA) is 72.8 Å². The summed E-state index contributed by atoms with van der Waals surface area (Å²) in [4.78, 5) is 23.9. The van der Waals surface area contributed by atoms with Gasteiger partial charge in [0.15, 0.2) is 6.10 Å². The number of rotatable bonds is 31. The Labute approximate surface area is 253 Å². The zero-order chi connectivity index (χ0) is 30.1. The standard InChI is InChI=1S/C36H66O5/c1-3-5-7-9-11-12-13-14-15-16-17-18-19-20-21-22-23-24-25-27-29-31-36(39)41-34(32-37)33-40-35(38)30-28-26-10-8-6-4-2/h13-14,16-17,34,37H,3-12,15,18-33H2,1-2H3/b14-13-,17-16-. The van der Waals surface area contributed by atoms with Gasteiger partial charge in [0.2, 0.25) is 0 Å². The number of allylic oxidation sites excluding steroid dienone is 4. The van der Waals surface area contributed by atoms with Crippen LogP contribution in [0.3, 0.4) is 0 Å². The summed E-state index contributed by atoms with van der Waals surface area (Å²) in [6.07, 6.45) is 36.8. The first-order valence-corrected chi connectivity index (χ1v) is 17.4. The molecular formula is C36H66O5. The van der Waals surface area contributed by atoms with E-state index in [-0.39, 0.29) is 25.2 Å². The highest BCUT2D eigenvalue weighted by atomic mass is 16.6. The van der Waals surface area contributed by atoms with Gasteiger partial charge in [0.1, 0.15) is 6.61 Å². The molecule has 0 bridgehead atoms. The summed E-state index contributed by atoms with van der Waals surface area (Å²) in [6, 6.07) is 0. The number of aliphatic hydroxyl groups is 1. The third-order valence-electron chi connectivity index (χ3n) is 7.50. The molecular weight excluding hydrogens is 512 g/mol. The van der Waals surface area contributed by atoms with Crippen molar-refractivity contribution in [3.63, 3.8) is 0 Å². The summed E-state index contributed by atoms with van der Waals surface area (Å²) < 4.78 is 10.5. The molecule has 5 nitrogen and oxygen atoms in total. The summed E-state index contributed by atoms with van der Waals surface area (Å²) in [6.45, 7) is 4.05. The molecule has 0 spiro atoms. The molecule has 0 radical (unpaired) electrons. The van der Waals surface area contributed by atoms with Crippen LogP contribution in [0.15, 0.2) is 24.3 Å². The Balaban J connectivity index is 3.51. The van der Waals surface area contributed by atoms with Gasteiger partial charge in [0, 0.05) is 12.8 Å². The first-order chi connectivity index (χ1) is 20.1. The van der Waals surface area contributed by atoms with E-state index in [9.17, 15) is 14.7 Å². The highest BCUT2D eigenvalue weighted by molar-refractivity contribution is 5.70. The van der Waals surface area contributed by atoms with E-state index in [1.165, 1.54) is 103 Å². The minimum absolute atomic E-state index is 0.0656. The zero-order valence-corrected chi connectivity index (χ0v) is 27.1. The number of hydrogen-bond acceptors (Lipinski definition) is 5. The van der Waals surface area contributed by atoms with Crippen LogP contribution in [-0.4, -0.2) is 36.4 Å². The van der Waals surface area contributed by atoms with E-state index in [4.69, 9.17) is 9.47 Å². The lowest BCUT2D eigenvalue weighted by atomic mass is 10.1. The van der Waals surface area contributed by atoms with E-state index in [2.05, 4.69) is 38.2 Å². The Hall–Kier alpha value is -1.62. The smallest absolute Gasteiger partial charge is 0.306 e. The van der Waals surface area contributed by atoms with Crippen LogP contribution in [0.4, 0.5) is 0 Å². The van der Waals surface area contributed by atoms with Gasteiger partial charge in [0.25, 0.3) is 0 Å². The highest BCUT2D eigenvalue weighted by Gasteiger charge is 2.16. The van der Waals surface area contributed by atoms with Crippen molar-refractivity contribution in [3.05, 3.63) is 24.3 Å². The first-order valence-electron chi connectivity index (χ1n) is 17.4. The lowest BCUT2D eigenvalue weighted by molar-refractivity contribution is -0.161. The Bertz CT molecular complexity index is 627. The lowest BCUT2D eigenvalue weighted by Gasteiger charge is -2.15. The molecule has 0 aliphatic carbocycles. The number of ether oxygens (including phenoxy) is 2. The molecule has 5 heteroatoms. The van der Waals surface area contributed by atoms with Gasteiger partial charge in [0.05, 0.1) is 6.61 Å². The Morgan fingerprint density at radius 2 is 0.976 bits per heavy atom. The van der Waals surface area contributed by atoms with Crippen molar-refractivity contribution >= 4 is 11.9 Å². The molecule has 0 rings (SSSR count). The van der Waals surface area contributed by atoms with Gasteiger partial charge < -0.3 is 14.6 Å². The van der Waals surface area contributed by atoms with Crippen LogP contribution in [0, 0.1) is 0 Å². The number of unbranched alkanes of at least 4 members (excludes halogenated alkanes) is 19. The number of esters is 2. The van der Waals surface area contributed by atoms with Crippen LogP contribution < -0.4 is 0 Å². The second-order valence-electron chi connectivity index (χ2n) is 11.6. The molecule has 0 aliphatic heterocycles. The van der Waals surface area contributed by atoms with Gasteiger partial charge in [-0.15, -0.1) is 0 Å². The maximum absolute atomic E-state index is 12.1. The molecule has 0 aromatic carbocycles. The average Bonchev–Trinajstić information content (AvgIpc) is 2.97. The quantitative estimate of drug-likeness (QED) is 0.0503. The summed E-state index contributed by atoms with van der Waals surface area (Å²) in [7, 11) is 0. The maximum atomic E-state index is 12.1. The van der Waals surface area contributed by atoms with Crippen LogP contribution in [0.25, 0.3) is 0 Å². The molecule has 1 atom stereocenters. The Kier molecular flexibility index (Phi) is 31.6. The average molecular weight is 579 g/mol. The molecule has 0 heterocycles. The van der Waals surface area contributed by atoms with E-state index in [0.29, 0.717) is 12.8 Å². The maximum Gasteiger partial charge on any atom is 0.306 e. The van der Waals surface area contributed by atoms with E-state index < -0.39 is 6.10 Å².